The van der Waals surface area contributed by atoms with Gasteiger partial charge in [-0.15, -0.1) is 4.76 Å². The summed E-state index contributed by atoms with van der Waals surface area (Å²) < 4.78 is 55.0. The molecule has 7 aromatic carbocycles. The summed E-state index contributed by atoms with van der Waals surface area (Å²) in [6, 6.07) is 61.6. The van der Waals surface area contributed by atoms with E-state index in [1.807, 2.05) is 109 Å². The van der Waals surface area contributed by atoms with Crippen LogP contribution in [0.2, 0.25) is 0 Å². The lowest BCUT2D eigenvalue weighted by atomic mass is 9.88. The molecule has 270 valence electrons. The molecule has 0 N–H and O–H groups in total. The average Bonchev–Trinajstić information content (AvgIpc) is 3.27. The minimum Gasteiger partial charge on any atom is -0.205 e. The number of hydrogen-bond acceptors (Lipinski definition) is 3. The van der Waals surface area contributed by atoms with Crippen molar-refractivity contribution in [1.82, 2.24) is 0 Å². The van der Waals surface area contributed by atoms with Gasteiger partial charge in [-0.3, -0.25) is 0 Å². The van der Waals surface area contributed by atoms with Gasteiger partial charge in [-0.1, -0.05) is 158 Å². The van der Waals surface area contributed by atoms with Crippen LogP contribution in [0.3, 0.4) is 0 Å². The summed E-state index contributed by atoms with van der Waals surface area (Å²) in [6.07, 6.45) is 1.47. The number of nitriles is 2. The standard InChI is InChI=1S/C48H33F3N3P2/c49-46-41(31-52)42(32-53)47(50)48(51)45(46)43(44(35-19-7-1-8-20-35)36-21-9-2-10-22-36)33-54-56(39-27-15-5-16-28-39,40-29-17-6-18-30-40)34-55(37-23-11-3-12-24-37)38-25-13-4-14-26-38/h1-30,33H,34H2/q+1/b54-33+. The van der Waals surface area contributed by atoms with Crippen molar-refractivity contribution >= 4 is 53.9 Å². The molecule has 0 aliphatic carbocycles. The highest BCUT2D eigenvalue weighted by Crippen LogP contribution is 2.65. The Morgan fingerprint density at radius 2 is 0.893 bits per heavy atom. The zero-order valence-electron chi connectivity index (χ0n) is 30.0. The third-order valence-electron chi connectivity index (χ3n) is 9.44. The first-order chi connectivity index (χ1) is 27.5. The van der Waals surface area contributed by atoms with Crippen LogP contribution in [-0.2, 0) is 0 Å². The summed E-state index contributed by atoms with van der Waals surface area (Å²) in [5, 5.41) is 23.9. The van der Waals surface area contributed by atoms with Crippen LogP contribution in [0.1, 0.15) is 27.8 Å². The number of halogens is 3. The summed E-state index contributed by atoms with van der Waals surface area (Å²) in [7, 11) is -4.03. The third-order valence-corrected chi connectivity index (χ3v) is 16.9. The lowest BCUT2D eigenvalue weighted by molar-refractivity contribution is 0.488. The van der Waals surface area contributed by atoms with Gasteiger partial charge in [0.25, 0.3) is 0 Å². The van der Waals surface area contributed by atoms with Crippen LogP contribution in [0.4, 0.5) is 13.2 Å². The number of rotatable bonds is 11. The van der Waals surface area contributed by atoms with Crippen molar-refractivity contribution in [3.8, 4) is 12.1 Å². The van der Waals surface area contributed by atoms with Crippen molar-refractivity contribution in [3.63, 3.8) is 0 Å². The van der Waals surface area contributed by atoms with Crippen molar-refractivity contribution in [2.75, 3.05) is 5.90 Å². The average molecular weight is 771 g/mol. The van der Waals surface area contributed by atoms with Gasteiger partial charge in [0.05, 0.1) is 11.8 Å². The van der Waals surface area contributed by atoms with Gasteiger partial charge in [0, 0.05) is 5.57 Å². The summed E-state index contributed by atoms with van der Waals surface area (Å²) in [6.45, 7) is 0. The second-order valence-corrected chi connectivity index (χ2v) is 18.6. The minimum atomic E-state index is -2.95. The SMILES string of the molecule is N#Cc1c(F)c(F)c(C(/C=N/[P+](CP(c2ccccc2)c2ccccc2)(c2ccccc2)c2ccccc2)=C(c2ccccc2)c2ccccc2)c(F)c1C#N. The van der Waals surface area contributed by atoms with Gasteiger partial charge in [-0.2, -0.15) is 10.5 Å². The summed E-state index contributed by atoms with van der Waals surface area (Å²) in [4.78, 5) is 0. The molecule has 56 heavy (non-hydrogen) atoms. The van der Waals surface area contributed by atoms with Crippen molar-refractivity contribution in [2.45, 2.75) is 0 Å². The van der Waals surface area contributed by atoms with E-state index < -0.39 is 49.5 Å². The molecule has 0 unspecified atom stereocenters. The van der Waals surface area contributed by atoms with Gasteiger partial charge >= 0.3 is 0 Å². The molecule has 7 rings (SSSR count). The van der Waals surface area contributed by atoms with Crippen LogP contribution < -0.4 is 21.2 Å². The van der Waals surface area contributed by atoms with E-state index in [0.29, 0.717) is 22.6 Å². The molecule has 0 aromatic heterocycles. The van der Waals surface area contributed by atoms with Crippen LogP contribution in [-0.4, -0.2) is 12.1 Å². The number of allylic oxidation sites excluding steroid dienone is 1. The van der Waals surface area contributed by atoms with Crippen LogP contribution in [0.5, 0.6) is 0 Å². The molecule has 7 aromatic rings. The van der Waals surface area contributed by atoms with Crippen molar-refractivity contribution in [2.24, 2.45) is 4.76 Å². The van der Waals surface area contributed by atoms with Gasteiger partial charge in [-0.05, 0) is 59.5 Å². The lowest BCUT2D eigenvalue weighted by Crippen LogP contribution is -2.26. The summed E-state index contributed by atoms with van der Waals surface area (Å²) >= 11 is 0. The molecule has 0 amide bonds. The van der Waals surface area contributed by atoms with Gasteiger partial charge < -0.3 is 0 Å². The molecule has 0 atom stereocenters. The highest BCUT2D eigenvalue weighted by atomic mass is 31.2. The van der Waals surface area contributed by atoms with Gasteiger partial charge in [0.1, 0.15) is 39.8 Å². The van der Waals surface area contributed by atoms with E-state index in [-0.39, 0.29) is 5.57 Å². The molecule has 0 saturated carbocycles. The summed E-state index contributed by atoms with van der Waals surface area (Å²) in [5.41, 5.74) is -1.18. The lowest BCUT2D eigenvalue weighted by Gasteiger charge is -2.28. The maximum atomic E-state index is 16.9. The minimum absolute atomic E-state index is 0.0720. The van der Waals surface area contributed by atoms with Crippen LogP contribution in [0.15, 0.2) is 187 Å². The Bertz CT molecular complexity index is 2470. The predicted octanol–water partition coefficient (Wildman–Crippen LogP) is 10.6. The Hall–Kier alpha value is -6.42. The molecule has 8 heteroatoms. The second kappa shape index (κ2) is 17.4. The molecule has 0 aliphatic rings. The largest absolute Gasteiger partial charge is 0.205 e. The number of hydrogen-bond donors (Lipinski definition) is 0. The Balaban J connectivity index is 1.62. The quantitative estimate of drug-likeness (QED) is 0.0569. The zero-order valence-corrected chi connectivity index (χ0v) is 31.8. The monoisotopic (exact) mass is 770 g/mol. The maximum absolute atomic E-state index is 16.9. The molecule has 0 saturated heterocycles. The maximum Gasteiger partial charge on any atom is 0.202 e. The second-order valence-electron chi connectivity index (χ2n) is 12.7. The fourth-order valence-corrected chi connectivity index (χ4v) is 14.9. The summed E-state index contributed by atoms with van der Waals surface area (Å²) in [5.74, 6) is -3.97. The Morgan fingerprint density at radius 1 is 0.518 bits per heavy atom. The van der Waals surface area contributed by atoms with Crippen molar-refractivity contribution < 1.29 is 13.2 Å². The highest BCUT2D eigenvalue weighted by molar-refractivity contribution is 7.97. The Kier molecular flexibility index (Phi) is 11.7. The number of benzene rings is 7. The number of nitrogens with zero attached hydrogens (tertiary/aromatic N) is 3. The van der Waals surface area contributed by atoms with E-state index in [9.17, 15) is 10.5 Å². The van der Waals surface area contributed by atoms with E-state index in [4.69, 9.17) is 4.76 Å². The van der Waals surface area contributed by atoms with Crippen LogP contribution >= 0.6 is 15.3 Å². The van der Waals surface area contributed by atoms with Crippen LogP contribution in [0, 0.1) is 40.1 Å². The van der Waals surface area contributed by atoms with Crippen LogP contribution in [0.25, 0.3) is 11.1 Å². The Morgan fingerprint density at radius 3 is 1.30 bits per heavy atom. The first-order valence-corrected chi connectivity index (χ1v) is 21.2. The molecular weight excluding hydrogens is 737 g/mol. The normalized spacial score (nSPS) is 11.2. The molecular formula is C48H33F3N3P2+. The molecule has 3 nitrogen and oxygen atoms in total. The Labute approximate surface area is 326 Å². The molecule has 0 fully saturated rings. The third kappa shape index (κ3) is 7.60. The van der Waals surface area contributed by atoms with E-state index in [2.05, 4.69) is 24.3 Å². The predicted molar refractivity (Wildman–Crippen MR) is 226 cm³/mol. The molecule has 0 aliphatic heterocycles. The first kappa shape index (κ1) is 37.9. The fraction of sp³-hybridized carbons (Fsp3) is 0.0208. The van der Waals surface area contributed by atoms with E-state index in [1.165, 1.54) is 12.3 Å². The van der Waals surface area contributed by atoms with Gasteiger partial charge in [0.15, 0.2) is 17.5 Å². The fourth-order valence-electron chi connectivity index (χ4n) is 6.77. The zero-order chi connectivity index (χ0) is 38.9. The highest BCUT2D eigenvalue weighted by Gasteiger charge is 2.46. The van der Waals surface area contributed by atoms with Crippen molar-refractivity contribution in [1.29, 1.82) is 10.5 Å². The topological polar surface area (TPSA) is 59.9 Å². The molecule has 0 heterocycles. The van der Waals surface area contributed by atoms with Gasteiger partial charge in [-0.25, -0.2) is 13.2 Å². The molecule has 0 radical (unpaired) electrons. The smallest absolute Gasteiger partial charge is 0.202 e. The van der Waals surface area contributed by atoms with E-state index in [0.717, 1.165) is 21.2 Å². The van der Waals surface area contributed by atoms with Crippen molar-refractivity contribution in [3.05, 3.63) is 227 Å². The van der Waals surface area contributed by atoms with E-state index in [1.54, 1.807) is 54.6 Å². The molecule has 0 bridgehead atoms. The molecule has 0 spiro atoms. The van der Waals surface area contributed by atoms with E-state index >= 15 is 13.2 Å². The van der Waals surface area contributed by atoms with Gasteiger partial charge in [0.2, 0.25) is 7.41 Å². The first-order valence-electron chi connectivity index (χ1n) is 17.8.